The van der Waals surface area contributed by atoms with E-state index in [1.165, 1.54) is 0 Å². The van der Waals surface area contributed by atoms with Gasteiger partial charge in [-0.15, -0.1) is 0 Å². The van der Waals surface area contributed by atoms with Crippen LogP contribution in [0.3, 0.4) is 0 Å². The van der Waals surface area contributed by atoms with Crippen LogP contribution in [0.5, 0.6) is 0 Å². The molecule has 0 aliphatic carbocycles. The number of hydrogen-bond acceptors (Lipinski definition) is 4. The number of hydrogen-bond donors (Lipinski definition) is 0. The van der Waals surface area contributed by atoms with Crippen LogP contribution in [-0.4, -0.2) is 39.7 Å². The van der Waals surface area contributed by atoms with Gasteiger partial charge in [0.2, 0.25) is 0 Å². The molecule has 5 nitrogen and oxygen atoms in total. The van der Waals surface area contributed by atoms with Gasteiger partial charge < -0.3 is 9.64 Å². The number of nitrogens with zero attached hydrogens (tertiary/aromatic N) is 3. The van der Waals surface area contributed by atoms with E-state index in [4.69, 9.17) is 4.74 Å². The highest BCUT2D eigenvalue weighted by Crippen LogP contribution is 2.33. The van der Waals surface area contributed by atoms with E-state index in [9.17, 15) is 4.79 Å². The SMILES string of the molecule is CCC(c1ncccn1)C1CN(C(=O)OC(C)(C)C)C1. The second-order valence-electron chi connectivity index (χ2n) is 6.27. The van der Waals surface area contributed by atoms with E-state index < -0.39 is 5.60 Å². The zero-order chi connectivity index (χ0) is 14.8. The van der Waals surface area contributed by atoms with Crippen molar-refractivity contribution >= 4 is 6.09 Å². The Kier molecular flexibility index (Phi) is 4.26. The van der Waals surface area contributed by atoms with Gasteiger partial charge >= 0.3 is 6.09 Å². The molecule has 1 fully saturated rings. The Morgan fingerprint density at radius 2 is 2.00 bits per heavy atom. The smallest absolute Gasteiger partial charge is 0.410 e. The second-order valence-corrected chi connectivity index (χ2v) is 6.27. The summed E-state index contributed by atoms with van der Waals surface area (Å²) in [4.78, 5) is 22.3. The monoisotopic (exact) mass is 277 g/mol. The molecule has 0 bridgehead atoms. The number of ether oxygens (including phenoxy) is 1. The molecule has 1 saturated heterocycles. The maximum absolute atomic E-state index is 11.9. The number of carbonyl (C=O) groups is 1. The molecule has 1 atom stereocenters. The molecule has 1 aromatic heterocycles. The van der Waals surface area contributed by atoms with E-state index in [0.29, 0.717) is 11.8 Å². The van der Waals surface area contributed by atoms with Gasteiger partial charge in [0.25, 0.3) is 0 Å². The van der Waals surface area contributed by atoms with Crippen LogP contribution in [0.2, 0.25) is 0 Å². The van der Waals surface area contributed by atoms with E-state index in [2.05, 4.69) is 16.9 Å². The minimum atomic E-state index is -0.436. The molecule has 0 N–H and O–H groups in total. The van der Waals surface area contributed by atoms with E-state index >= 15 is 0 Å². The van der Waals surface area contributed by atoms with Crippen molar-refractivity contribution in [1.29, 1.82) is 0 Å². The molecular formula is C15H23N3O2. The lowest BCUT2D eigenvalue weighted by Gasteiger charge is -2.42. The van der Waals surface area contributed by atoms with Crippen molar-refractivity contribution < 1.29 is 9.53 Å². The third-order valence-electron chi connectivity index (χ3n) is 3.49. The zero-order valence-electron chi connectivity index (χ0n) is 12.7. The van der Waals surface area contributed by atoms with E-state index in [-0.39, 0.29) is 6.09 Å². The summed E-state index contributed by atoms with van der Waals surface area (Å²) < 4.78 is 5.36. The van der Waals surface area contributed by atoms with E-state index in [1.54, 1.807) is 17.3 Å². The van der Waals surface area contributed by atoms with Crippen molar-refractivity contribution in [2.24, 2.45) is 5.92 Å². The predicted molar refractivity (Wildman–Crippen MR) is 76.4 cm³/mol. The third kappa shape index (κ3) is 3.46. The first kappa shape index (κ1) is 14.8. The summed E-state index contributed by atoms with van der Waals surface area (Å²) >= 11 is 0. The highest BCUT2D eigenvalue weighted by molar-refractivity contribution is 5.69. The summed E-state index contributed by atoms with van der Waals surface area (Å²) in [5.41, 5.74) is -0.436. The quantitative estimate of drug-likeness (QED) is 0.852. The van der Waals surface area contributed by atoms with E-state index in [0.717, 1.165) is 25.3 Å². The van der Waals surface area contributed by atoms with Crippen molar-refractivity contribution in [3.8, 4) is 0 Å². The van der Waals surface area contributed by atoms with Crippen LogP contribution < -0.4 is 0 Å². The van der Waals surface area contributed by atoms with Crippen LogP contribution in [0.15, 0.2) is 18.5 Å². The van der Waals surface area contributed by atoms with Crippen LogP contribution in [-0.2, 0) is 4.74 Å². The lowest BCUT2D eigenvalue weighted by molar-refractivity contribution is -0.00578. The zero-order valence-corrected chi connectivity index (χ0v) is 12.7. The molecular weight excluding hydrogens is 254 g/mol. The second kappa shape index (κ2) is 5.77. The Labute approximate surface area is 120 Å². The number of amides is 1. The molecule has 1 aliphatic rings. The highest BCUT2D eigenvalue weighted by atomic mass is 16.6. The van der Waals surface area contributed by atoms with Gasteiger partial charge in [0.1, 0.15) is 11.4 Å². The van der Waals surface area contributed by atoms with Gasteiger partial charge in [0.15, 0.2) is 0 Å². The molecule has 0 spiro atoms. The molecule has 20 heavy (non-hydrogen) atoms. The molecule has 0 aromatic carbocycles. The normalized spacial score (nSPS) is 17.5. The first-order chi connectivity index (χ1) is 9.40. The summed E-state index contributed by atoms with van der Waals surface area (Å²) in [7, 11) is 0. The van der Waals surface area contributed by atoms with Crippen LogP contribution >= 0.6 is 0 Å². The maximum atomic E-state index is 11.9. The van der Waals surface area contributed by atoms with Crippen molar-refractivity contribution in [3.63, 3.8) is 0 Å². The van der Waals surface area contributed by atoms with Crippen molar-refractivity contribution in [1.82, 2.24) is 14.9 Å². The topological polar surface area (TPSA) is 55.3 Å². The molecule has 0 radical (unpaired) electrons. The Hall–Kier alpha value is -1.65. The number of rotatable bonds is 3. The van der Waals surface area contributed by atoms with Crippen molar-refractivity contribution in [2.45, 2.75) is 45.6 Å². The predicted octanol–water partition coefficient (Wildman–Crippen LogP) is 2.84. The standard InChI is InChI=1S/C15H23N3O2/c1-5-12(13-16-7-6-8-17-13)11-9-18(10-11)14(19)20-15(2,3)4/h6-8,11-12H,5,9-10H2,1-4H3. The van der Waals surface area contributed by atoms with Crippen molar-refractivity contribution in [3.05, 3.63) is 24.3 Å². The summed E-state index contributed by atoms with van der Waals surface area (Å²) in [6, 6.07) is 1.82. The lowest BCUT2D eigenvalue weighted by Crippen LogP contribution is -2.53. The Morgan fingerprint density at radius 1 is 1.40 bits per heavy atom. The van der Waals surface area contributed by atoms with Crippen molar-refractivity contribution in [2.75, 3.05) is 13.1 Å². The fourth-order valence-corrected chi connectivity index (χ4v) is 2.47. The third-order valence-corrected chi connectivity index (χ3v) is 3.49. The van der Waals surface area contributed by atoms with Gasteiger partial charge in [-0.3, -0.25) is 0 Å². The molecule has 5 heteroatoms. The van der Waals surface area contributed by atoms with Gasteiger partial charge in [-0.25, -0.2) is 14.8 Å². The van der Waals surface area contributed by atoms with E-state index in [1.807, 2.05) is 26.8 Å². The minimum absolute atomic E-state index is 0.224. The summed E-state index contributed by atoms with van der Waals surface area (Å²) in [6.07, 6.45) is 4.30. The number of carbonyl (C=O) groups excluding carboxylic acids is 1. The first-order valence-electron chi connectivity index (χ1n) is 7.15. The maximum Gasteiger partial charge on any atom is 0.410 e. The lowest BCUT2D eigenvalue weighted by atomic mass is 9.83. The average molecular weight is 277 g/mol. The average Bonchev–Trinajstić information content (AvgIpc) is 2.31. The van der Waals surface area contributed by atoms with Crippen LogP contribution in [0.4, 0.5) is 4.79 Å². The molecule has 2 heterocycles. The van der Waals surface area contributed by atoms with Gasteiger partial charge in [0, 0.05) is 37.3 Å². The fourth-order valence-electron chi connectivity index (χ4n) is 2.47. The van der Waals surface area contributed by atoms with Gasteiger partial charge in [-0.2, -0.15) is 0 Å². The molecule has 1 amide bonds. The Bertz CT molecular complexity index is 450. The number of likely N-dealkylation sites (tertiary alicyclic amines) is 1. The first-order valence-corrected chi connectivity index (χ1v) is 7.15. The van der Waals surface area contributed by atoms with Gasteiger partial charge in [0.05, 0.1) is 0 Å². The molecule has 1 aliphatic heterocycles. The van der Waals surface area contributed by atoms with Crippen LogP contribution in [0.1, 0.15) is 45.9 Å². The van der Waals surface area contributed by atoms with Crippen LogP contribution in [0, 0.1) is 5.92 Å². The Balaban J connectivity index is 1.90. The Morgan fingerprint density at radius 3 is 2.50 bits per heavy atom. The largest absolute Gasteiger partial charge is 0.444 e. The van der Waals surface area contributed by atoms with Crippen LogP contribution in [0.25, 0.3) is 0 Å². The fraction of sp³-hybridized carbons (Fsp3) is 0.667. The summed E-state index contributed by atoms with van der Waals surface area (Å²) in [6.45, 7) is 9.24. The molecule has 110 valence electrons. The van der Waals surface area contributed by atoms with Gasteiger partial charge in [-0.1, -0.05) is 6.92 Å². The molecule has 2 rings (SSSR count). The highest BCUT2D eigenvalue weighted by Gasteiger charge is 2.38. The summed E-state index contributed by atoms with van der Waals surface area (Å²) in [5.74, 6) is 1.62. The molecule has 1 aromatic rings. The molecule has 0 saturated carbocycles. The number of aromatic nitrogens is 2. The molecule has 1 unspecified atom stereocenters. The summed E-state index contributed by atoms with van der Waals surface area (Å²) in [5, 5.41) is 0. The van der Waals surface area contributed by atoms with Gasteiger partial charge in [-0.05, 0) is 33.3 Å². The minimum Gasteiger partial charge on any atom is -0.444 e.